The summed E-state index contributed by atoms with van der Waals surface area (Å²) in [7, 11) is -3.05. The zero-order valence-corrected chi connectivity index (χ0v) is 14.1. The van der Waals surface area contributed by atoms with E-state index in [-0.39, 0.29) is 41.1 Å². The highest BCUT2D eigenvalue weighted by Crippen LogP contribution is 2.18. The van der Waals surface area contributed by atoms with Crippen molar-refractivity contribution in [2.75, 3.05) is 11.5 Å². The SMILES string of the molecule is O=C(NC1CCS(=O)(=O)C1)c1ccnc(C(=O)NC2CCCC2)c1. The highest BCUT2D eigenvalue weighted by atomic mass is 32.2. The fraction of sp³-hybridized carbons (Fsp3) is 0.562. The van der Waals surface area contributed by atoms with Crippen molar-refractivity contribution < 1.29 is 18.0 Å². The molecule has 1 aliphatic carbocycles. The first-order valence-corrected chi connectivity index (χ1v) is 10.0. The molecule has 7 nitrogen and oxygen atoms in total. The van der Waals surface area contributed by atoms with E-state index in [0.717, 1.165) is 25.7 Å². The topological polar surface area (TPSA) is 105 Å². The molecule has 1 aromatic heterocycles. The average molecular weight is 351 g/mol. The summed E-state index contributed by atoms with van der Waals surface area (Å²) < 4.78 is 22.9. The number of nitrogens with zero attached hydrogens (tertiary/aromatic N) is 1. The molecule has 2 fully saturated rings. The van der Waals surface area contributed by atoms with Gasteiger partial charge in [-0.1, -0.05) is 12.8 Å². The molecule has 2 aliphatic rings. The van der Waals surface area contributed by atoms with Crippen LogP contribution < -0.4 is 10.6 Å². The lowest BCUT2D eigenvalue weighted by molar-refractivity contribution is 0.0933. The zero-order valence-electron chi connectivity index (χ0n) is 13.3. The molecule has 2 N–H and O–H groups in total. The predicted molar refractivity (Wildman–Crippen MR) is 88.5 cm³/mol. The summed E-state index contributed by atoms with van der Waals surface area (Å²) in [6.45, 7) is 0. The number of carbonyl (C=O) groups is 2. The fourth-order valence-electron chi connectivity index (χ4n) is 3.20. The number of pyridine rings is 1. The Hall–Kier alpha value is -1.96. The summed E-state index contributed by atoms with van der Waals surface area (Å²) >= 11 is 0. The van der Waals surface area contributed by atoms with Gasteiger partial charge in [-0.05, 0) is 31.4 Å². The van der Waals surface area contributed by atoms with Gasteiger partial charge in [0.05, 0.1) is 11.5 Å². The van der Waals surface area contributed by atoms with Gasteiger partial charge in [-0.2, -0.15) is 0 Å². The maximum Gasteiger partial charge on any atom is 0.270 e. The van der Waals surface area contributed by atoms with E-state index in [1.165, 1.54) is 18.3 Å². The summed E-state index contributed by atoms with van der Waals surface area (Å²) in [5.41, 5.74) is 0.513. The summed E-state index contributed by atoms with van der Waals surface area (Å²) in [5.74, 6) is -0.586. The van der Waals surface area contributed by atoms with Crippen molar-refractivity contribution in [1.29, 1.82) is 0 Å². The van der Waals surface area contributed by atoms with Crippen molar-refractivity contribution in [3.63, 3.8) is 0 Å². The van der Waals surface area contributed by atoms with Gasteiger partial charge in [0.1, 0.15) is 5.69 Å². The van der Waals surface area contributed by atoms with Crippen LogP contribution >= 0.6 is 0 Å². The Morgan fingerprint density at radius 2 is 1.75 bits per heavy atom. The third-order valence-corrected chi connectivity index (χ3v) is 6.28. The molecule has 130 valence electrons. The first kappa shape index (κ1) is 16.9. The second kappa shape index (κ2) is 6.88. The molecule has 0 aromatic carbocycles. The number of rotatable bonds is 4. The van der Waals surface area contributed by atoms with Crippen molar-refractivity contribution >= 4 is 21.7 Å². The van der Waals surface area contributed by atoms with Crippen molar-refractivity contribution in [3.8, 4) is 0 Å². The lowest BCUT2D eigenvalue weighted by Gasteiger charge is -2.13. The van der Waals surface area contributed by atoms with E-state index in [0.29, 0.717) is 12.0 Å². The van der Waals surface area contributed by atoms with Crippen LogP contribution in [0.4, 0.5) is 0 Å². The smallest absolute Gasteiger partial charge is 0.270 e. The van der Waals surface area contributed by atoms with E-state index in [2.05, 4.69) is 15.6 Å². The van der Waals surface area contributed by atoms with Crippen LogP contribution in [0.25, 0.3) is 0 Å². The number of hydrogen-bond donors (Lipinski definition) is 2. The molecule has 0 spiro atoms. The standard InChI is InChI=1S/C16H21N3O4S/c20-15(19-13-6-8-24(22,23)10-13)11-5-7-17-14(9-11)16(21)18-12-3-1-2-4-12/h5,7,9,12-13H,1-4,6,8,10H2,(H,18,21)(H,19,20). The third-order valence-electron chi connectivity index (χ3n) is 4.51. The molecule has 24 heavy (non-hydrogen) atoms. The van der Waals surface area contributed by atoms with Gasteiger partial charge in [0.2, 0.25) is 0 Å². The van der Waals surface area contributed by atoms with Crippen LogP contribution in [0, 0.1) is 0 Å². The monoisotopic (exact) mass is 351 g/mol. The highest BCUT2D eigenvalue weighted by Gasteiger charge is 2.29. The fourth-order valence-corrected chi connectivity index (χ4v) is 4.88. The normalized spacial score (nSPS) is 23.1. The molecule has 1 saturated carbocycles. The molecule has 1 unspecified atom stereocenters. The number of aromatic nitrogens is 1. The number of nitrogens with one attached hydrogen (secondary N) is 2. The van der Waals surface area contributed by atoms with Crippen LogP contribution in [-0.2, 0) is 9.84 Å². The van der Waals surface area contributed by atoms with E-state index >= 15 is 0 Å². The number of hydrogen-bond acceptors (Lipinski definition) is 5. The van der Waals surface area contributed by atoms with Crippen LogP contribution in [0.15, 0.2) is 18.3 Å². The minimum Gasteiger partial charge on any atom is -0.348 e. The highest BCUT2D eigenvalue weighted by molar-refractivity contribution is 7.91. The van der Waals surface area contributed by atoms with Crippen molar-refractivity contribution in [1.82, 2.24) is 15.6 Å². The van der Waals surface area contributed by atoms with Crippen LogP contribution in [0.3, 0.4) is 0 Å². The maximum atomic E-state index is 12.3. The summed E-state index contributed by atoms with van der Waals surface area (Å²) in [5, 5.41) is 5.65. The van der Waals surface area contributed by atoms with Gasteiger partial charge in [0.25, 0.3) is 11.8 Å². The lowest BCUT2D eigenvalue weighted by atomic mass is 10.1. The second-order valence-electron chi connectivity index (χ2n) is 6.46. The Bertz CT molecular complexity index is 741. The maximum absolute atomic E-state index is 12.3. The van der Waals surface area contributed by atoms with Gasteiger partial charge < -0.3 is 10.6 Å². The molecule has 1 aliphatic heterocycles. The molecule has 1 saturated heterocycles. The molecule has 1 aromatic rings. The van der Waals surface area contributed by atoms with Crippen LogP contribution in [-0.4, -0.2) is 48.8 Å². The van der Waals surface area contributed by atoms with Crippen molar-refractivity contribution in [3.05, 3.63) is 29.6 Å². The molecular weight excluding hydrogens is 330 g/mol. The summed E-state index contributed by atoms with van der Waals surface area (Å²) in [6.07, 6.45) is 6.03. The molecule has 8 heteroatoms. The van der Waals surface area contributed by atoms with Gasteiger partial charge in [0, 0.05) is 23.8 Å². The van der Waals surface area contributed by atoms with Crippen LogP contribution in [0.1, 0.15) is 53.0 Å². The Labute approximate surface area is 141 Å². The Morgan fingerprint density at radius 3 is 2.42 bits per heavy atom. The first-order chi connectivity index (χ1) is 11.4. The van der Waals surface area contributed by atoms with E-state index in [1.807, 2.05) is 0 Å². The minimum atomic E-state index is -3.05. The first-order valence-electron chi connectivity index (χ1n) is 8.21. The minimum absolute atomic E-state index is 0.0289. The molecule has 0 bridgehead atoms. The van der Waals surface area contributed by atoms with E-state index < -0.39 is 9.84 Å². The molecule has 3 rings (SSSR count). The zero-order chi connectivity index (χ0) is 17.2. The number of carbonyl (C=O) groups excluding carboxylic acids is 2. The number of amides is 2. The van der Waals surface area contributed by atoms with E-state index in [1.54, 1.807) is 0 Å². The molecule has 1 atom stereocenters. The van der Waals surface area contributed by atoms with Crippen molar-refractivity contribution in [2.45, 2.75) is 44.2 Å². The second-order valence-corrected chi connectivity index (χ2v) is 8.69. The molecular formula is C16H21N3O4S. The van der Waals surface area contributed by atoms with Gasteiger partial charge in [-0.3, -0.25) is 14.6 Å². The van der Waals surface area contributed by atoms with Gasteiger partial charge in [0.15, 0.2) is 9.84 Å². The predicted octanol–water partition coefficient (Wildman–Crippen LogP) is 0.671. The Balaban J connectivity index is 1.63. The quantitative estimate of drug-likeness (QED) is 0.829. The average Bonchev–Trinajstić information content (AvgIpc) is 3.17. The van der Waals surface area contributed by atoms with E-state index in [9.17, 15) is 18.0 Å². The Morgan fingerprint density at radius 1 is 1.04 bits per heavy atom. The van der Waals surface area contributed by atoms with E-state index in [4.69, 9.17) is 0 Å². The summed E-state index contributed by atoms with van der Waals surface area (Å²) in [4.78, 5) is 28.5. The van der Waals surface area contributed by atoms with Gasteiger partial charge in [-0.25, -0.2) is 8.42 Å². The van der Waals surface area contributed by atoms with Crippen LogP contribution in [0.5, 0.6) is 0 Å². The molecule has 2 heterocycles. The van der Waals surface area contributed by atoms with Crippen LogP contribution in [0.2, 0.25) is 0 Å². The molecule has 0 radical (unpaired) electrons. The lowest BCUT2D eigenvalue weighted by Crippen LogP contribution is -2.36. The largest absolute Gasteiger partial charge is 0.348 e. The van der Waals surface area contributed by atoms with Crippen molar-refractivity contribution in [2.24, 2.45) is 0 Å². The number of sulfone groups is 1. The van der Waals surface area contributed by atoms with Gasteiger partial charge >= 0.3 is 0 Å². The molecule has 2 amide bonds. The summed E-state index contributed by atoms with van der Waals surface area (Å²) in [6, 6.07) is 2.78. The third kappa shape index (κ3) is 4.11. The Kier molecular flexibility index (Phi) is 4.84. The van der Waals surface area contributed by atoms with Gasteiger partial charge in [-0.15, -0.1) is 0 Å².